The zero-order valence-electron chi connectivity index (χ0n) is 11.4. The Balaban J connectivity index is 2.25. The van der Waals surface area contributed by atoms with E-state index in [1.807, 2.05) is 31.4 Å². The second-order valence-corrected chi connectivity index (χ2v) is 7.41. The van der Waals surface area contributed by atoms with Gasteiger partial charge in [-0.05, 0) is 29.5 Å². The van der Waals surface area contributed by atoms with Crippen molar-refractivity contribution in [2.45, 2.75) is 31.5 Å². The lowest BCUT2D eigenvalue weighted by atomic mass is 10.0. The van der Waals surface area contributed by atoms with Crippen molar-refractivity contribution in [3.8, 4) is 0 Å². The van der Waals surface area contributed by atoms with Crippen molar-refractivity contribution in [3.05, 3.63) is 40.3 Å². The molecule has 0 spiro atoms. The molecule has 2 aromatic rings. The summed E-state index contributed by atoms with van der Waals surface area (Å²) in [5, 5.41) is 1.83. The van der Waals surface area contributed by atoms with Crippen molar-refractivity contribution in [2.24, 2.45) is 11.7 Å². The van der Waals surface area contributed by atoms with Crippen molar-refractivity contribution in [1.82, 2.24) is 4.72 Å². The quantitative estimate of drug-likeness (QED) is 0.857. The molecule has 0 aliphatic rings. The van der Waals surface area contributed by atoms with E-state index >= 15 is 0 Å². The first kappa shape index (κ1) is 15.2. The van der Waals surface area contributed by atoms with Gasteiger partial charge in [0, 0.05) is 4.88 Å². The van der Waals surface area contributed by atoms with Gasteiger partial charge in [-0.25, -0.2) is 8.42 Å². The van der Waals surface area contributed by atoms with Crippen LogP contribution in [-0.2, 0) is 16.6 Å². The van der Waals surface area contributed by atoms with Crippen molar-refractivity contribution in [1.29, 1.82) is 0 Å². The molecule has 2 rings (SSSR count). The van der Waals surface area contributed by atoms with E-state index < -0.39 is 10.0 Å². The average molecular weight is 314 g/mol. The molecule has 5 nitrogen and oxygen atoms in total. The minimum Gasteiger partial charge on any atom is -0.447 e. The lowest BCUT2D eigenvalue weighted by Gasteiger charge is -2.20. The van der Waals surface area contributed by atoms with Crippen molar-refractivity contribution in [3.63, 3.8) is 0 Å². The smallest absolute Gasteiger partial charge is 0.274 e. The Hall–Kier alpha value is -1.15. The molecule has 2 aromatic heterocycles. The standard InChI is InChI=1S/C13H18N2O3S2/c1-9(2)13(11-4-3-7-19-11)15-20(16,17)12-6-5-10(8-14)18-12/h3-7,9,13,15H,8,14H2,1-2H3. The molecule has 2 heterocycles. The van der Waals surface area contributed by atoms with E-state index in [1.165, 1.54) is 17.4 Å². The summed E-state index contributed by atoms with van der Waals surface area (Å²) < 4.78 is 32.6. The van der Waals surface area contributed by atoms with Gasteiger partial charge in [0.05, 0.1) is 12.6 Å². The molecule has 0 aliphatic heterocycles. The second-order valence-electron chi connectivity index (χ2n) is 4.78. The minimum absolute atomic E-state index is 0.0971. The first-order valence-electron chi connectivity index (χ1n) is 6.28. The number of nitrogens with one attached hydrogen (secondary N) is 1. The van der Waals surface area contributed by atoms with Crippen LogP contribution in [-0.4, -0.2) is 8.42 Å². The van der Waals surface area contributed by atoms with Crippen LogP contribution in [0.3, 0.4) is 0 Å². The van der Waals surface area contributed by atoms with Gasteiger partial charge < -0.3 is 10.2 Å². The molecular formula is C13H18N2O3S2. The molecule has 3 N–H and O–H groups in total. The minimum atomic E-state index is -3.69. The molecule has 0 fully saturated rings. The van der Waals surface area contributed by atoms with E-state index in [0.717, 1.165) is 4.88 Å². The molecule has 1 unspecified atom stereocenters. The van der Waals surface area contributed by atoms with Gasteiger partial charge in [0.15, 0.2) is 0 Å². The summed E-state index contributed by atoms with van der Waals surface area (Å²) in [6, 6.07) is 6.56. The van der Waals surface area contributed by atoms with E-state index in [2.05, 4.69) is 4.72 Å². The predicted octanol–water partition coefficient (Wildman–Crippen LogP) is 2.48. The van der Waals surface area contributed by atoms with Crippen LogP contribution >= 0.6 is 11.3 Å². The van der Waals surface area contributed by atoms with Crippen LogP contribution in [0, 0.1) is 5.92 Å². The highest BCUT2D eigenvalue weighted by Crippen LogP contribution is 2.28. The van der Waals surface area contributed by atoms with Crippen molar-refractivity contribution >= 4 is 21.4 Å². The zero-order chi connectivity index (χ0) is 14.8. The van der Waals surface area contributed by atoms with E-state index in [1.54, 1.807) is 6.07 Å². The molecule has 7 heteroatoms. The number of thiophene rings is 1. The number of rotatable bonds is 6. The molecule has 1 atom stereocenters. The third kappa shape index (κ3) is 3.29. The third-order valence-electron chi connectivity index (χ3n) is 2.90. The summed E-state index contributed by atoms with van der Waals surface area (Å²) in [5.74, 6) is 0.579. The number of sulfonamides is 1. The first-order valence-corrected chi connectivity index (χ1v) is 8.65. The molecule has 0 aromatic carbocycles. The number of hydrogen-bond acceptors (Lipinski definition) is 5. The Morgan fingerprint density at radius 1 is 1.35 bits per heavy atom. The van der Waals surface area contributed by atoms with Gasteiger partial charge >= 0.3 is 0 Å². The maximum Gasteiger partial charge on any atom is 0.274 e. The summed E-state index contributed by atoms with van der Waals surface area (Å²) in [4.78, 5) is 0.981. The van der Waals surface area contributed by atoms with E-state index in [-0.39, 0.29) is 23.6 Å². The highest BCUT2D eigenvalue weighted by atomic mass is 32.2. The number of furan rings is 1. The number of nitrogens with two attached hydrogens (primary N) is 1. The summed E-state index contributed by atoms with van der Waals surface area (Å²) in [7, 11) is -3.69. The van der Waals surface area contributed by atoms with Crippen LogP contribution in [0.1, 0.15) is 30.5 Å². The largest absolute Gasteiger partial charge is 0.447 e. The fraction of sp³-hybridized carbons (Fsp3) is 0.385. The van der Waals surface area contributed by atoms with Crippen LogP contribution < -0.4 is 10.5 Å². The Bertz CT molecular complexity index is 645. The molecule has 0 amide bonds. The highest BCUT2D eigenvalue weighted by Gasteiger charge is 2.26. The molecule has 0 saturated heterocycles. The fourth-order valence-electron chi connectivity index (χ4n) is 1.83. The van der Waals surface area contributed by atoms with Crippen LogP contribution in [0.5, 0.6) is 0 Å². The Kier molecular flexibility index (Phi) is 4.64. The SMILES string of the molecule is CC(C)C(NS(=O)(=O)c1ccc(CN)o1)c1cccs1. The van der Waals surface area contributed by atoms with Crippen LogP contribution in [0.15, 0.2) is 39.2 Å². The van der Waals surface area contributed by atoms with E-state index in [4.69, 9.17) is 10.2 Å². The lowest BCUT2D eigenvalue weighted by molar-refractivity contribution is 0.403. The average Bonchev–Trinajstić information content (AvgIpc) is 3.06. The van der Waals surface area contributed by atoms with Gasteiger partial charge in [-0.2, -0.15) is 4.72 Å². The van der Waals surface area contributed by atoms with Gasteiger partial charge in [-0.1, -0.05) is 19.9 Å². The van der Waals surface area contributed by atoms with Gasteiger partial charge in [0.25, 0.3) is 10.0 Å². The lowest BCUT2D eigenvalue weighted by Crippen LogP contribution is -2.31. The Morgan fingerprint density at radius 2 is 2.10 bits per heavy atom. The predicted molar refractivity (Wildman–Crippen MR) is 78.8 cm³/mol. The van der Waals surface area contributed by atoms with Gasteiger partial charge in [-0.15, -0.1) is 11.3 Å². The van der Waals surface area contributed by atoms with Crippen LogP contribution in [0.25, 0.3) is 0 Å². The summed E-state index contributed by atoms with van der Waals surface area (Å²) >= 11 is 1.53. The third-order valence-corrected chi connectivity index (χ3v) is 5.17. The number of hydrogen-bond donors (Lipinski definition) is 2. The maximum atomic E-state index is 12.3. The van der Waals surface area contributed by atoms with Crippen molar-refractivity contribution in [2.75, 3.05) is 0 Å². The first-order chi connectivity index (χ1) is 9.44. The van der Waals surface area contributed by atoms with Crippen molar-refractivity contribution < 1.29 is 12.8 Å². The van der Waals surface area contributed by atoms with Crippen LogP contribution in [0.4, 0.5) is 0 Å². The normalized spacial score (nSPS) is 13.8. The fourth-order valence-corrected chi connectivity index (χ4v) is 4.17. The van der Waals surface area contributed by atoms with E-state index in [0.29, 0.717) is 5.76 Å². The molecule has 0 aliphatic carbocycles. The highest BCUT2D eigenvalue weighted by molar-refractivity contribution is 7.89. The van der Waals surface area contributed by atoms with Gasteiger partial charge in [0.1, 0.15) is 5.76 Å². The summed E-state index contributed by atoms with van der Waals surface area (Å²) in [5.41, 5.74) is 5.43. The second kappa shape index (κ2) is 6.09. The monoisotopic (exact) mass is 314 g/mol. The molecule has 0 radical (unpaired) electrons. The van der Waals surface area contributed by atoms with E-state index in [9.17, 15) is 8.42 Å². The zero-order valence-corrected chi connectivity index (χ0v) is 13.0. The van der Waals surface area contributed by atoms with Gasteiger partial charge in [0.2, 0.25) is 5.09 Å². The van der Waals surface area contributed by atoms with Gasteiger partial charge in [-0.3, -0.25) is 0 Å². The molecule has 0 bridgehead atoms. The maximum absolute atomic E-state index is 12.3. The van der Waals surface area contributed by atoms with Crippen LogP contribution in [0.2, 0.25) is 0 Å². The Morgan fingerprint density at radius 3 is 2.60 bits per heavy atom. The molecular weight excluding hydrogens is 296 g/mol. The Labute approximate surface area is 122 Å². The topological polar surface area (TPSA) is 85.3 Å². The molecule has 20 heavy (non-hydrogen) atoms. The molecule has 110 valence electrons. The molecule has 0 saturated carbocycles. The summed E-state index contributed by atoms with van der Waals surface area (Å²) in [6.07, 6.45) is 0. The summed E-state index contributed by atoms with van der Waals surface area (Å²) in [6.45, 7) is 4.12.